The number of hydrogen-bond donors (Lipinski definition) is 2. The topological polar surface area (TPSA) is 74.5 Å². The summed E-state index contributed by atoms with van der Waals surface area (Å²) in [5.74, 6) is 0.656. The molecule has 0 aliphatic heterocycles. The van der Waals surface area contributed by atoms with E-state index in [1.807, 2.05) is 6.07 Å². The Morgan fingerprint density at radius 1 is 1.30 bits per heavy atom. The Kier molecular flexibility index (Phi) is 8.40. The summed E-state index contributed by atoms with van der Waals surface area (Å²) in [4.78, 5) is 0. The minimum atomic E-state index is -0.548. The van der Waals surface area contributed by atoms with Gasteiger partial charge in [0.15, 0.2) is 0 Å². The zero-order valence-corrected chi connectivity index (χ0v) is 11.8. The molecule has 0 saturated heterocycles. The van der Waals surface area contributed by atoms with Crippen molar-refractivity contribution in [2.45, 2.75) is 18.9 Å². The molecular weight excluding hydrogens is 256 g/mol. The molecule has 1 rings (SSSR count). The molecule has 1 aromatic rings. The summed E-state index contributed by atoms with van der Waals surface area (Å²) in [7, 11) is 1.69. The molecule has 1 unspecified atom stereocenters. The fraction of sp³-hybridized carbons (Fsp3) is 0.533. The number of ether oxygens (including phenoxy) is 2. The van der Waals surface area contributed by atoms with Gasteiger partial charge in [-0.2, -0.15) is 5.26 Å². The van der Waals surface area contributed by atoms with Gasteiger partial charge in [0.2, 0.25) is 0 Å². The lowest BCUT2D eigenvalue weighted by molar-refractivity contribution is 0.106. The van der Waals surface area contributed by atoms with Crippen LogP contribution in [0.1, 0.15) is 18.4 Å². The van der Waals surface area contributed by atoms with Crippen molar-refractivity contribution in [2.24, 2.45) is 0 Å². The van der Waals surface area contributed by atoms with E-state index in [2.05, 4.69) is 5.32 Å². The number of nitriles is 1. The second kappa shape index (κ2) is 10.2. The van der Waals surface area contributed by atoms with Crippen LogP contribution in [-0.4, -0.2) is 44.6 Å². The van der Waals surface area contributed by atoms with Crippen LogP contribution in [-0.2, 0) is 4.74 Å². The zero-order valence-electron chi connectivity index (χ0n) is 11.8. The van der Waals surface area contributed by atoms with Crippen molar-refractivity contribution >= 4 is 0 Å². The van der Waals surface area contributed by atoms with Gasteiger partial charge in [0.1, 0.15) is 18.5 Å². The molecule has 5 nitrogen and oxygen atoms in total. The van der Waals surface area contributed by atoms with Gasteiger partial charge in [-0.15, -0.1) is 0 Å². The summed E-state index contributed by atoms with van der Waals surface area (Å²) in [6.45, 7) is 2.36. The van der Waals surface area contributed by atoms with Crippen molar-refractivity contribution < 1.29 is 14.6 Å². The normalized spacial score (nSPS) is 11.8. The number of benzene rings is 1. The first kappa shape index (κ1) is 16.4. The first-order valence-electron chi connectivity index (χ1n) is 6.77. The molecule has 0 aromatic heterocycles. The lowest BCUT2D eigenvalue weighted by atomic mass is 10.2. The largest absolute Gasteiger partial charge is 0.491 e. The van der Waals surface area contributed by atoms with Crippen molar-refractivity contribution in [3.8, 4) is 11.8 Å². The molecule has 0 radical (unpaired) electrons. The van der Waals surface area contributed by atoms with Crippen LogP contribution in [0, 0.1) is 11.3 Å². The van der Waals surface area contributed by atoms with Gasteiger partial charge < -0.3 is 19.9 Å². The van der Waals surface area contributed by atoms with Crippen molar-refractivity contribution in [3.05, 3.63) is 29.8 Å². The average Bonchev–Trinajstić information content (AvgIpc) is 2.49. The van der Waals surface area contributed by atoms with Crippen molar-refractivity contribution in [2.75, 3.05) is 33.4 Å². The first-order valence-corrected chi connectivity index (χ1v) is 6.77. The Bertz CT molecular complexity index is 401. The number of unbranched alkanes of at least 4 members (excludes halogenated alkanes) is 1. The third kappa shape index (κ3) is 7.10. The highest BCUT2D eigenvalue weighted by atomic mass is 16.5. The highest BCUT2D eigenvalue weighted by Crippen LogP contribution is 2.11. The Morgan fingerprint density at radius 2 is 2.05 bits per heavy atom. The highest BCUT2D eigenvalue weighted by Gasteiger charge is 2.04. The molecule has 0 spiro atoms. The molecule has 1 aromatic carbocycles. The molecule has 0 aliphatic rings. The summed E-state index contributed by atoms with van der Waals surface area (Å²) >= 11 is 0. The van der Waals surface area contributed by atoms with Gasteiger partial charge in [-0.1, -0.05) is 0 Å². The predicted molar refractivity (Wildman–Crippen MR) is 76.6 cm³/mol. The lowest BCUT2D eigenvalue weighted by Crippen LogP contribution is -2.32. The molecule has 0 heterocycles. The van der Waals surface area contributed by atoms with Gasteiger partial charge in [-0.3, -0.25) is 0 Å². The summed E-state index contributed by atoms with van der Waals surface area (Å²) < 4.78 is 10.4. The van der Waals surface area contributed by atoms with Gasteiger partial charge >= 0.3 is 0 Å². The molecule has 0 amide bonds. The van der Waals surface area contributed by atoms with E-state index in [-0.39, 0.29) is 6.61 Å². The summed E-state index contributed by atoms with van der Waals surface area (Å²) in [6.07, 6.45) is 1.49. The number of aliphatic hydroxyl groups excluding tert-OH is 1. The molecular formula is C15H22N2O3. The molecule has 0 saturated carbocycles. The number of methoxy groups -OCH3 is 1. The third-order valence-electron chi connectivity index (χ3n) is 2.76. The van der Waals surface area contributed by atoms with Gasteiger partial charge in [-0.05, 0) is 43.7 Å². The lowest BCUT2D eigenvalue weighted by Gasteiger charge is -2.13. The molecule has 20 heavy (non-hydrogen) atoms. The van der Waals surface area contributed by atoms with Crippen LogP contribution in [0.5, 0.6) is 5.75 Å². The van der Waals surface area contributed by atoms with E-state index in [4.69, 9.17) is 14.7 Å². The fourth-order valence-electron chi connectivity index (χ4n) is 1.64. The van der Waals surface area contributed by atoms with Crippen LogP contribution in [0.3, 0.4) is 0 Å². The van der Waals surface area contributed by atoms with E-state index in [1.54, 1.807) is 31.4 Å². The van der Waals surface area contributed by atoms with Crippen LogP contribution in [0.25, 0.3) is 0 Å². The van der Waals surface area contributed by atoms with Gasteiger partial charge in [0, 0.05) is 20.3 Å². The second-order valence-corrected chi connectivity index (χ2v) is 4.51. The maximum atomic E-state index is 9.75. The molecule has 110 valence electrons. The van der Waals surface area contributed by atoms with E-state index in [9.17, 15) is 5.11 Å². The van der Waals surface area contributed by atoms with E-state index in [1.165, 1.54) is 0 Å². The Hall–Kier alpha value is -1.61. The molecule has 0 fully saturated rings. The average molecular weight is 278 g/mol. The third-order valence-corrected chi connectivity index (χ3v) is 2.76. The standard InChI is InChI=1S/C15H22N2O3/c1-19-9-3-2-8-17-11-14(18)12-20-15-6-4-13(10-16)5-7-15/h4-7,14,17-18H,2-3,8-9,11-12H2,1H3. The molecule has 2 N–H and O–H groups in total. The second-order valence-electron chi connectivity index (χ2n) is 4.51. The smallest absolute Gasteiger partial charge is 0.119 e. The fourth-order valence-corrected chi connectivity index (χ4v) is 1.64. The maximum Gasteiger partial charge on any atom is 0.119 e. The van der Waals surface area contributed by atoms with E-state index >= 15 is 0 Å². The van der Waals surface area contributed by atoms with Crippen molar-refractivity contribution in [3.63, 3.8) is 0 Å². The zero-order chi connectivity index (χ0) is 14.6. The number of nitrogens with zero attached hydrogens (tertiary/aromatic N) is 1. The van der Waals surface area contributed by atoms with E-state index in [0.717, 1.165) is 26.0 Å². The number of aliphatic hydroxyl groups is 1. The minimum Gasteiger partial charge on any atom is -0.491 e. The monoisotopic (exact) mass is 278 g/mol. The molecule has 0 aliphatic carbocycles. The van der Waals surface area contributed by atoms with Crippen LogP contribution in [0.15, 0.2) is 24.3 Å². The number of hydrogen-bond acceptors (Lipinski definition) is 5. The van der Waals surface area contributed by atoms with Crippen LogP contribution in [0.2, 0.25) is 0 Å². The number of nitrogens with one attached hydrogen (secondary N) is 1. The summed E-state index contributed by atoms with van der Waals surface area (Å²) in [6, 6.07) is 8.88. The van der Waals surface area contributed by atoms with E-state index in [0.29, 0.717) is 17.9 Å². The van der Waals surface area contributed by atoms with Crippen molar-refractivity contribution in [1.29, 1.82) is 5.26 Å². The van der Waals surface area contributed by atoms with Crippen molar-refractivity contribution in [1.82, 2.24) is 5.32 Å². The van der Waals surface area contributed by atoms with Crippen LogP contribution in [0.4, 0.5) is 0 Å². The molecule has 1 atom stereocenters. The number of rotatable bonds is 10. The Balaban J connectivity index is 2.10. The molecule has 5 heteroatoms. The summed E-state index contributed by atoms with van der Waals surface area (Å²) in [5.41, 5.74) is 0.593. The quantitative estimate of drug-likeness (QED) is 0.631. The SMILES string of the molecule is COCCCCNCC(O)COc1ccc(C#N)cc1. The summed E-state index contributed by atoms with van der Waals surface area (Å²) in [5, 5.41) is 21.6. The van der Waals surface area contributed by atoms with Crippen LogP contribution >= 0.6 is 0 Å². The molecule has 0 bridgehead atoms. The first-order chi connectivity index (χ1) is 9.76. The van der Waals surface area contributed by atoms with E-state index < -0.39 is 6.10 Å². The van der Waals surface area contributed by atoms with Gasteiger partial charge in [0.05, 0.1) is 11.6 Å². The Labute approximate surface area is 120 Å². The van der Waals surface area contributed by atoms with Gasteiger partial charge in [0.25, 0.3) is 0 Å². The maximum absolute atomic E-state index is 9.75. The van der Waals surface area contributed by atoms with Gasteiger partial charge in [-0.25, -0.2) is 0 Å². The highest BCUT2D eigenvalue weighted by molar-refractivity contribution is 5.34. The van der Waals surface area contributed by atoms with Crippen LogP contribution < -0.4 is 10.1 Å². The minimum absolute atomic E-state index is 0.233. The predicted octanol–water partition coefficient (Wildman–Crippen LogP) is 1.31. The Morgan fingerprint density at radius 3 is 2.70 bits per heavy atom.